The van der Waals surface area contributed by atoms with Gasteiger partial charge in [-0.3, -0.25) is 0 Å². The van der Waals surface area contributed by atoms with Gasteiger partial charge >= 0.3 is 6.03 Å². The van der Waals surface area contributed by atoms with E-state index in [4.69, 9.17) is 4.74 Å². The number of rotatable bonds is 12. The second kappa shape index (κ2) is 14.4. The number of methoxy groups -OCH3 is 1. The van der Waals surface area contributed by atoms with E-state index in [1.54, 1.807) is 12.0 Å². The molecule has 2 fully saturated rings. The third-order valence-corrected chi connectivity index (χ3v) is 8.11. The van der Waals surface area contributed by atoms with Gasteiger partial charge in [0, 0.05) is 50.9 Å². The monoisotopic (exact) mass is 527 g/mol. The van der Waals surface area contributed by atoms with Gasteiger partial charge in [0.1, 0.15) is 17.8 Å². The molecule has 9 heteroatoms. The predicted octanol–water partition coefficient (Wildman–Crippen LogP) is 4.90. The number of alkyl halides is 1. The van der Waals surface area contributed by atoms with Crippen LogP contribution in [-0.2, 0) is 10.3 Å². The van der Waals surface area contributed by atoms with E-state index >= 15 is 0 Å². The van der Waals surface area contributed by atoms with Gasteiger partial charge in [-0.05, 0) is 95.4 Å². The molecule has 1 heterocycles. The van der Waals surface area contributed by atoms with Crippen molar-refractivity contribution in [3.05, 3.63) is 35.4 Å². The maximum absolute atomic E-state index is 14.9. The van der Waals surface area contributed by atoms with E-state index in [1.807, 2.05) is 7.05 Å². The number of likely N-dealkylation sites (tertiary alicyclic amines) is 1. The lowest BCUT2D eigenvalue weighted by molar-refractivity contribution is -0.0590. The fourth-order valence-corrected chi connectivity index (χ4v) is 6.05. The van der Waals surface area contributed by atoms with Gasteiger partial charge in [0.2, 0.25) is 0 Å². The number of nitrogens with zero attached hydrogens (tertiary/aromatic N) is 1. The molecule has 3 unspecified atom stereocenters. The number of carbonyl (C=O) groups excluding carboxylic acids is 1. The molecule has 37 heavy (non-hydrogen) atoms. The number of halogens is 3. The fourth-order valence-electron chi connectivity index (χ4n) is 6.05. The molecule has 2 aliphatic rings. The molecule has 0 bridgehead atoms. The van der Waals surface area contributed by atoms with Gasteiger partial charge in [0.15, 0.2) is 0 Å². The van der Waals surface area contributed by atoms with E-state index in [9.17, 15) is 23.1 Å². The van der Waals surface area contributed by atoms with Gasteiger partial charge in [-0.1, -0.05) is 0 Å². The van der Waals surface area contributed by atoms with Crippen molar-refractivity contribution in [2.75, 3.05) is 40.4 Å². The standard InChI is InChI=1S/C28H44F3N3O3/c1-32-18-24(16-20-7-9-22(29)10-8-20)33-27(35)34-14-5-6-21(19-34)28(36,13-3-4-15-37-2)25-17-23(30)11-12-26(25)31/h11-12,17,20-22,24,32,36H,3-10,13-16,18-19H2,1-2H3,(H,33,35). The van der Waals surface area contributed by atoms with Crippen LogP contribution < -0.4 is 10.6 Å². The zero-order valence-corrected chi connectivity index (χ0v) is 22.3. The molecule has 1 aromatic rings. The average Bonchev–Trinajstić information content (AvgIpc) is 2.89. The molecule has 6 nitrogen and oxygen atoms in total. The third kappa shape index (κ3) is 8.32. The van der Waals surface area contributed by atoms with Crippen molar-refractivity contribution in [3.63, 3.8) is 0 Å². The number of carbonyl (C=O) groups is 1. The van der Waals surface area contributed by atoms with Gasteiger partial charge in [0.05, 0.1) is 5.60 Å². The molecular formula is C28H44F3N3O3. The Hall–Kier alpha value is -1.84. The van der Waals surface area contributed by atoms with Crippen LogP contribution in [0.5, 0.6) is 0 Å². The zero-order valence-electron chi connectivity index (χ0n) is 22.3. The number of ether oxygens (including phenoxy) is 1. The fraction of sp³-hybridized carbons (Fsp3) is 0.750. The Morgan fingerprint density at radius 3 is 2.68 bits per heavy atom. The van der Waals surface area contributed by atoms with Crippen LogP contribution in [0.4, 0.5) is 18.0 Å². The SMILES string of the molecule is CNCC(CC1CCC(F)CC1)NC(=O)N1CCCC(C(O)(CCCCOC)c2cc(F)ccc2F)C1. The number of nitrogens with one attached hydrogen (secondary N) is 2. The number of piperidine rings is 1. The lowest BCUT2D eigenvalue weighted by atomic mass is 9.74. The first-order chi connectivity index (χ1) is 17.8. The number of hydrogen-bond donors (Lipinski definition) is 3. The largest absolute Gasteiger partial charge is 0.385 e. The van der Waals surface area contributed by atoms with Crippen molar-refractivity contribution < 1.29 is 27.8 Å². The van der Waals surface area contributed by atoms with Crippen LogP contribution in [0.25, 0.3) is 0 Å². The topological polar surface area (TPSA) is 73.8 Å². The summed E-state index contributed by atoms with van der Waals surface area (Å²) in [5.41, 5.74) is -1.65. The molecular weight excluding hydrogens is 483 g/mol. The van der Waals surface area contributed by atoms with Gasteiger partial charge in [-0.2, -0.15) is 0 Å². The molecule has 1 saturated carbocycles. The van der Waals surface area contributed by atoms with Crippen molar-refractivity contribution >= 4 is 6.03 Å². The van der Waals surface area contributed by atoms with E-state index in [0.717, 1.165) is 37.5 Å². The molecule has 3 rings (SSSR count). The summed E-state index contributed by atoms with van der Waals surface area (Å²) in [7, 11) is 3.44. The van der Waals surface area contributed by atoms with Crippen LogP contribution >= 0.6 is 0 Å². The van der Waals surface area contributed by atoms with Gasteiger partial charge < -0.3 is 25.4 Å². The van der Waals surface area contributed by atoms with Crippen LogP contribution in [-0.4, -0.2) is 68.6 Å². The number of amides is 2. The first-order valence-corrected chi connectivity index (χ1v) is 13.8. The summed E-state index contributed by atoms with van der Waals surface area (Å²) in [5.74, 6) is -1.30. The lowest BCUT2D eigenvalue weighted by Gasteiger charge is -2.43. The molecule has 0 radical (unpaired) electrons. The van der Waals surface area contributed by atoms with Crippen molar-refractivity contribution in [1.29, 1.82) is 0 Å². The highest BCUT2D eigenvalue weighted by Gasteiger charge is 2.43. The normalized spacial score (nSPS) is 24.9. The van der Waals surface area contributed by atoms with Crippen molar-refractivity contribution in [2.45, 2.75) is 82.0 Å². The summed E-state index contributed by atoms with van der Waals surface area (Å²) in [6.45, 7) is 1.91. The Bertz CT molecular complexity index is 853. The van der Waals surface area contributed by atoms with Crippen LogP contribution in [0.15, 0.2) is 18.2 Å². The van der Waals surface area contributed by atoms with Crippen molar-refractivity contribution in [1.82, 2.24) is 15.5 Å². The Kier molecular flexibility index (Phi) is 11.5. The smallest absolute Gasteiger partial charge is 0.317 e. The maximum atomic E-state index is 14.9. The molecule has 2 amide bonds. The molecule has 3 atom stereocenters. The minimum Gasteiger partial charge on any atom is -0.385 e. The molecule has 1 saturated heterocycles. The molecule has 210 valence electrons. The summed E-state index contributed by atoms with van der Waals surface area (Å²) >= 11 is 0. The Morgan fingerprint density at radius 2 is 1.97 bits per heavy atom. The first kappa shape index (κ1) is 29.7. The predicted molar refractivity (Wildman–Crippen MR) is 138 cm³/mol. The number of benzene rings is 1. The quantitative estimate of drug-likeness (QED) is 0.338. The molecule has 0 spiro atoms. The summed E-state index contributed by atoms with van der Waals surface area (Å²) in [5, 5.41) is 18.1. The molecule has 0 aromatic heterocycles. The highest BCUT2D eigenvalue weighted by atomic mass is 19.1. The molecule has 3 N–H and O–H groups in total. The summed E-state index contributed by atoms with van der Waals surface area (Å²) in [4.78, 5) is 15.0. The van der Waals surface area contributed by atoms with Crippen LogP contribution in [0.3, 0.4) is 0 Å². The van der Waals surface area contributed by atoms with Crippen molar-refractivity contribution in [2.24, 2.45) is 11.8 Å². The number of urea groups is 1. The summed E-state index contributed by atoms with van der Waals surface area (Å²) < 4.78 is 47.7. The maximum Gasteiger partial charge on any atom is 0.317 e. The lowest BCUT2D eigenvalue weighted by Crippen LogP contribution is -2.54. The van der Waals surface area contributed by atoms with Gasteiger partial charge in [-0.15, -0.1) is 0 Å². The van der Waals surface area contributed by atoms with E-state index in [-0.39, 0.29) is 30.6 Å². The minimum atomic E-state index is -1.60. The first-order valence-electron chi connectivity index (χ1n) is 13.8. The van der Waals surface area contributed by atoms with E-state index < -0.39 is 29.3 Å². The van der Waals surface area contributed by atoms with Crippen molar-refractivity contribution in [3.8, 4) is 0 Å². The van der Waals surface area contributed by atoms with E-state index in [1.165, 1.54) is 0 Å². The highest BCUT2D eigenvalue weighted by molar-refractivity contribution is 5.74. The number of likely N-dealkylation sites (N-methyl/N-ethyl adjacent to an activating group) is 1. The average molecular weight is 528 g/mol. The van der Waals surface area contributed by atoms with Crippen LogP contribution in [0, 0.1) is 23.5 Å². The second-order valence-electron chi connectivity index (χ2n) is 10.8. The summed E-state index contributed by atoms with van der Waals surface area (Å²) in [6, 6.07) is 2.88. The number of aliphatic hydroxyl groups is 1. The number of unbranched alkanes of at least 4 members (excludes halogenated alkanes) is 1. The van der Waals surface area contributed by atoms with E-state index in [2.05, 4.69) is 10.6 Å². The zero-order chi connectivity index (χ0) is 26.8. The van der Waals surface area contributed by atoms with Crippen LogP contribution in [0.1, 0.15) is 69.8 Å². The van der Waals surface area contributed by atoms with E-state index in [0.29, 0.717) is 64.1 Å². The Morgan fingerprint density at radius 1 is 1.22 bits per heavy atom. The van der Waals surface area contributed by atoms with Gasteiger partial charge in [0.25, 0.3) is 0 Å². The second-order valence-corrected chi connectivity index (χ2v) is 10.8. The van der Waals surface area contributed by atoms with Crippen LogP contribution in [0.2, 0.25) is 0 Å². The minimum absolute atomic E-state index is 0.0475. The highest BCUT2D eigenvalue weighted by Crippen LogP contribution is 2.41. The molecule has 1 aliphatic heterocycles. The summed E-state index contributed by atoms with van der Waals surface area (Å²) in [6.07, 6.45) is 5.67. The Balaban J connectivity index is 1.70. The molecule has 1 aliphatic carbocycles. The van der Waals surface area contributed by atoms with Gasteiger partial charge in [-0.25, -0.2) is 18.0 Å². The number of hydrogen-bond acceptors (Lipinski definition) is 4. The Labute approximate surface area is 219 Å². The third-order valence-electron chi connectivity index (χ3n) is 8.11. The molecule has 1 aromatic carbocycles.